The minimum atomic E-state index is 0.417. The average molecular weight is 140 g/mol. The van der Waals surface area contributed by atoms with Crippen molar-refractivity contribution in [1.82, 2.24) is 0 Å². The zero-order valence-electron chi connectivity index (χ0n) is 6.89. The Labute approximate surface area is 62.8 Å². The lowest BCUT2D eigenvalue weighted by molar-refractivity contribution is -0.122. The van der Waals surface area contributed by atoms with Gasteiger partial charge in [-0.2, -0.15) is 0 Å². The summed E-state index contributed by atoms with van der Waals surface area (Å²) in [5, 5.41) is 0. The van der Waals surface area contributed by atoms with Crippen LogP contribution in [0.15, 0.2) is 0 Å². The monoisotopic (exact) mass is 140 g/mol. The van der Waals surface area contributed by atoms with E-state index in [1.807, 2.05) is 6.92 Å². The van der Waals surface area contributed by atoms with Crippen molar-refractivity contribution in [2.75, 3.05) is 0 Å². The van der Waals surface area contributed by atoms with E-state index in [0.717, 1.165) is 25.2 Å². The molecule has 0 aromatic carbocycles. The van der Waals surface area contributed by atoms with E-state index >= 15 is 0 Å². The largest absolute Gasteiger partial charge is 0.299 e. The lowest BCUT2D eigenvalue weighted by atomic mass is 10.00. The van der Waals surface area contributed by atoms with Gasteiger partial charge in [0.05, 0.1) is 0 Å². The Kier molecular flexibility index (Phi) is 2.47. The molecule has 0 N–H and O–H groups in total. The van der Waals surface area contributed by atoms with Crippen LogP contribution in [0.25, 0.3) is 0 Å². The molecule has 1 aliphatic carbocycles. The Morgan fingerprint density at radius 2 is 2.20 bits per heavy atom. The number of carbonyl (C=O) groups is 1. The van der Waals surface area contributed by atoms with E-state index in [1.54, 1.807) is 0 Å². The first kappa shape index (κ1) is 7.77. The van der Waals surface area contributed by atoms with E-state index in [-0.39, 0.29) is 0 Å². The second-order valence-corrected chi connectivity index (χ2v) is 3.44. The van der Waals surface area contributed by atoms with Crippen LogP contribution in [-0.2, 0) is 4.79 Å². The standard InChI is InChI=1S/C9H16O/c1-3-9(10)8-5-4-7(2)6-8/h7-8H,3-6H2,1-2H3. The second-order valence-electron chi connectivity index (χ2n) is 3.44. The van der Waals surface area contributed by atoms with Crippen molar-refractivity contribution >= 4 is 5.78 Å². The van der Waals surface area contributed by atoms with E-state index in [1.165, 1.54) is 6.42 Å². The molecule has 0 amide bonds. The molecule has 58 valence electrons. The molecule has 0 spiro atoms. The Morgan fingerprint density at radius 3 is 2.60 bits per heavy atom. The fourth-order valence-electron chi connectivity index (χ4n) is 1.79. The molecule has 0 saturated heterocycles. The molecule has 10 heavy (non-hydrogen) atoms. The smallest absolute Gasteiger partial charge is 0.135 e. The van der Waals surface area contributed by atoms with Gasteiger partial charge in [-0.25, -0.2) is 0 Å². The highest BCUT2D eigenvalue weighted by atomic mass is 16.1. The number of rotatable bonds is 2. The van der Waals surface area contributed by atoms with Crippen molar-refractivity contribution in [2.24, 2.45) is 11.8 Å². The Morgan fingerprint density at radius 1 is 1.50 bits per heavy atom. The van der Waals surface area contributed by atoms with Crippen molar-refractivity contribution in [2.45, 2.75) is 39.5 Å². The first-order valence-electron chi connectivity index (χ1n) is 4.26. The molecule has 1 heteroatoms. The number of carbonyl (C=O) groups excluding carboxylic acids is 1. The fourth-order valence-corrected chi connectivity index (χ4v) is 1.79. The Balaban J connectivity index is 2.37. The van der Waals surface area contributed by atoms with Crippen molar-refractivity contribution in [3.05, 3.63) is 0 Å². The summed E-state index contributed by atoms with van der Waals surface area (Å²) in [5.41, 5.74) is 0. The normalized spacial score (nSPS) is 32.6. The van der Waals surface area contributed by atoms with Crippen LogP contribution >= 0.6 is 0 Å². The fraction of sp³-hybridized carbons (Fsp3) is 0.889. The zero-order chi connectivity index (χ0) is 7.56. The van der Waals surface area contributed by atoms with Gasteiger partial charge in [0, 0.05) is 12.3 Å². The van der Waals surface area contributed by atoms with E-state index in [9.17, 15) is 4.79 Å². The molecule has 2 unspecified atom stereocenters. The highest BCUT2D eigenvalue weighted by molar-refractivity contribution is 5.80. The first-order chi connectivity index (χ1) is 4.74. The van der Waals surface area contributed by atoms with Gasteiger partial charge in [-0.1, -0.05) is 13.8 Å². The number of ketones is 1. The molecule has 1 saturated carbocycles. The first-order valence-corrected chi connectivity index (χ1v) is 4.26. The topological polar surface area (TPSA) is 17.1 Å². The number of hydrogen-bond acceptors (Lipinski definition) is 1. The van der Waals surface area contributed by atoms with E-state index in [4.69, 9.17) is 0 Å². The summed E-state index contributed by atoms with van der Waals surface area (Å²) in [5.74, 6) is 1.69. The summed E-state index contributed by atoms with van der Waals surface area (Å²) in [4.78, 5) is 11.2. The van der Waals surface area contributed by atoms with Crippen LogP contribution in [0.2, 0.25) is 0 Å². The van der Waals surface area contributed by atoms with Gasteiger partial charge in [0.25, 0.3) is 0 Å². The van der Waals surface area contributed by atoms with Gasteiger partial charge in [-0.3, -0.25) is 4.79 Å². The third kappa shape index (κ3) is 1.59. The van der Waals surface area contributed by atoms with Crippen LogP contribution in [-0.4, -0.2) is 5.78 Å². The maximum absolute atomic E-state index is 11.2. The lowest BCUT2D eigenvalue weighted by Crippen LogP contribution is -2.08. The van der Waals surface area contributed by atoms with Gasteiger partial charge in [-0.05, 0) is 25.2 Å². The number of Topliss-reactive ketones (excluding diaryl/α,β-unsaturated/α-hetero) is 1. The molecule has 2 atom stereocenters. The van der Waals surface area contributed by atoms with Crippen LogP contribution in [0.5, 0.6) is 0 Å². The molecular formula is C9H16O. The lowest BCUT2D eigenvalue weighted by Gasteiger charge is -2.04. The number of hydrogen-bond donors (Lipinski definition) is 0. The van der Waals surface area contributed by atoms with Gasteiger partial charge in [-0.15, -0.1) is 0 Å². The molecule has 0 heterocycles. The van der Waals surface area contributed by atoms with Gasteiger partial charge in [0.2, 0.25) is 0 Å². The quantitative estimate of drug-likeness (QED) is 0.575. The molecule has 0 aliphatic heterocycles. The predicted octanol–water partition coefficient (Wildman–Crippen LogP) is 2.40. The molecule has 1 fully saturated rings. The summed E-state index contributed by atoms with van der Waals surface area (Å²) in [6.07, 6.45) is 4.29. The zero-order valence-corrected chi connectivity index (χ0v) is 6.89. The SMILES string of the molecule is CCC(=O)C1CCC(C)C1. The van der Waals surface area contributed by atoms with Crippen LogP contribution in [0.4, 0.5) is 0 Å². The molecule has 0 bridgehead atoms. The molecule has 1 rings (SSSR count). The van der Waals surface area contributed by atoms with Crippen LogP contribution < -0.4 is 0 Å². The molecular weight excluding hydrogens is 124 g/mol. The van der Waals surface area contributed by atoms with Gasteiger partial charge < -0.3 is 0 Å². The predicted molar refractivity (Wildman–Crippen MR) is 41.8 cm³/mol. The second kappa shape index (κ2) is 3.18. The van der Waals surface area contributed by atoms with Crippen molar-refractivity contribution in [3.63, 3.8) is 0 Å². The van der Waals surface area contributed by atoms with Crippen LogP contribution in [0.1, 0.15) is 39.5 Å². The molecule has 1 aliphatic rings. The van der Waals surface area contributed by atoms with E-state index in [0.29, 0.717) is 11.7 Å². The van der Waals surface area contributed by atoms with Gasteiger partial charge in [0.15, 0.2) is 0 Å². The third-order valence-electron chi connectivity index (χ3n) is 2.50. The highest BCUT2D eigenvalue weighted by Crippen LogP contribution is 2.31. The van der Waals surface area contributed by atoms with Gasteiger partial charge >= 0.3 is 0 Å². The van der Waals surface area contributed by atoms with Crippen LogP contribution in [0, 0.1) is 11.8 Å². The third-order valence-corrected chi connectivity index (χ3v) is 2.50. The maximum atomic E-state index is 11.2. The Hall–Kier alpha value is -0.330. The van der Waals surface area contributed by atoms with Crippen LogP contribution in [0.3, 0.4) is 0 Å². The summed E-state index contributed by atoms with van der Waals surface area (Å²) >= 11 is 0. The molecule has 0 aromatic rings. The Bertz CT molecular complexity index is 129. The average Bonchev–Trinajstić information content (AvgIpc) is 2.34. The van der Waals surface area contributed by atoms with E-state index < -0.39 is 0 Å². The molecule has 1 nitrogen and oxygen atoms in total. The minimum Gasteiger partial charge on any atom is -0.299 e. The van der Waals surface area contributed by atoms with Crippen molar-refractivity contribution in [1.29, 1.82) is 0 Å². The van der Waals surface area contributed by atoms with Crippen molar-refractivity contribution in [3.8, 4) is 0 Å². The summed E-state index contributed by atoms with van der Waals surface area (Å²) in [7, 11) is 0. The summed E-state index contributed by atoms with van der Waals surface area (Å²) in [6.45, 7) is 4.20. The highest BCUT2D eigenvalue weighted by Gasteiger charge is 2.25. The minimum absolute atomic E-state index is 0.417. The molecule has 0 aromatic heterocycles. The van der Waals surface area contributed by atoms with Crippen molar-refractivity contribution < 1.29 is 4.79 Å². The maximum Gasteiger partial charge on any atom is 0.135 e. The molecule has 0 radical (unpaired) electrons. The summed E-state index contributed by atoms with van der Waals surface area (Å²) in [6, 6.07) is 0. The van der Waals surface area contributed by atoms with Gasteiger partial charge in [0.1, 0.15) is 5.78 Å². The van der Waals surface area contributed by atoms with E-state index in [2.05, 4.69) is 6.92 Å². The summed E-state index contributed by atoms with van der Waals surface area (Å²) < 4.78 is 0.